The zero-order valence-corrected chi connectivity index (χ0v) is 20.1. The van der Waals surface area contributed by atoms with E-state index in [2.05, 4.69) is 34.6 Å². The number of hydrogen-bond donors (Lipinski definition) is 2. The average Bonchev–Trinajstić information content (AvgIpc) is 2.92. The highest BCUT2D eigenvalue weighted by Gasteiger charge is 2.42. The van der Waals surface area contributed by atoms with Crippen LogP contribution in [0.4, 0.5) is 4.39 Å². The van der Waals surface area contributed by atoms with Crippen LogP contribution in [0.1, 0.15) is 41.6 Å². The van der Waals surface area contributed by atoms with Crippen molar-refractivity contribution >= 4 is 5.91 Å². The Morgan fingerprint density at radius 3 is 2.64 bits per heavy atom. The van der Waals surface area contributed by atoms with Crippen molar-refractivity contribution in [2.45, 2.75) is 62.6 Å². The van der Waals surface area contributed by atoms with Crippen molar-refractivity contribution in [1.82, 2.24) is 10.3 Å². The molecule has 2 fully saturated rings. The van der Waals surface area contributed by atoms with Crippen LogP contribution in [0.3, 0.4) is 0 Å². The van der Waals surface area contributed by atoms with Crippen molar-refractivity contribution in [2.24, 2.45) is 0 Å². The van der Waals surface area contributed by atoms with Crippen LogP contribution in [0.25, 0.3) is 11.1 Å². The number of aryl methyl sites for hydroxylation is 1. The lowest BCUT2D eigenvalue weighted by Crippen LogP contribution is -2.57. The quantitative estimate of drug-likeness (QED) is 0.516. The lowest BCUT2D eigenvalue weighted by atomic mass is 9.88. The summed E-state index contributed by atoms with van der Waals surface area (Å²) >= 11 is 0. The Kier molecular flexibility index (Phi) is 7.70. The second-order valence-electron chi connectivity index (χ2n) is 9.57. The van der Waals surface area contributed by atoms with Gasteiger partial charge in [0, 0.05) is 18.0 Å². The Hall–Kier alpha value is -3.13. The number of fused-ring (bicyclic) bond motifs is 1. The molecular weight excluding hydrogens is 459 g/mol. The number of ether oxygens (including phenoxy) is 2. The van der Waals surface area contributed by atoms with E-state index in [1.165, 1.54) is 23.8 Å². The number of carbonyl (C=O) groups is 1. The lowest BCUT2D eigenvalue weighted by Gasteiger charge is -2.45. The first-order chi connectivity index (χ1) is 17.6. The molecule has 0 saturated carbocycles. The maximum atomic E-state index is 13.7. The van der Waals surface area contributed by atoms with Gasteiger partial charge in [-0.2, -0.15) is 0 Å². The van der Waals surface area contributed by atoms with Crippen LogP contribution in [-0.2, 0) is 15.9 Å². The number of amides is 1. The van der Waals surface area contributed by atoms with Gasteiger partial charge in [-0.05, 0) is 73.1 Å². The summed E-state index contributed by atoms with van der Waals surface area (Å²) in [7, 11) is 0. The van der Waals surface area contributed by atoms with E-state index in [1.54, 1.807) is 12.3 Å². The summed E-state index contributed by atoms with van der Waals surface area (Å²) in [6.07, 6.45) is 6.63. The number of aromatic nitrogens is 1. The van der Waals surface area contributed by atoms with E-state index in [0.717, 1.165) is 36.8 Å². The largest absolute Gasteiger partial charge is 0.394 e. The number of aliphatic hydroxyl groups excluding tert-OH is 1. The minimum Gasteiger partial charge on any atom is -0.394 e. The molecule has 2 aliphatic rings. The van der Waals surface area contributed by atoms with E-state index in [-0.39, 0.29) is 48.5 Å². The number of nitrogens with one attached hydrogen (secondary N) is 1. The highest BCUT2D eigenvalue weighted by Crippen LogP contribution is 2.33. The van der Waals surface area contributed by atoms with Crippen molar-refractivity contribution in [3.05, 3.63) is 90.0 Å². The van der Waals surface area contributed by atoms with E-state index in [9.17, 15) is 14.3 Å². The molecule has 2 saturated heterocycles. The molecule has 2 N–H and O–H groups in total. The summed E-state index contributed by atoms with van der Waals surface area (Å²) in [6.45, 7) is -0.0258. The van der Waals surface area contributed by atoms with Crippen LogP contribution >= 0.6 is 0 Å². The number of benzene rings is 2. The lowest BCUT2D eigenvalue weighted by molar-refractivity contribution is -0.201. The van der Waals surface area contributed by atoms with Gasteiger partial charge in [0.05, 0.1) is 37.1 Å². The van der Waals surface area contributed by atoms with E-state index in [1.807, 2.05) is 18.3 Å². The third kappa shape index (κ3) is 5.81. The standard InChI is InChI=1S/C29H31FN2O4/c30-23-5-1-3-21(15-23)29(34)32-25-16-28-27(13-11-24(18-33)35-28)36-26(25)12-8-19-6-9-20(10-7-19)22-4-2-14-31-17-22/h1-7,9-10,14-15,17,24-28,33H,8,11-13,16,18H2,(H,32,34)/t24-,25+,26+,27-,28-/m0/s1. The van der Waals surface area contributed by atoms with Crippen molar-refractivity contribution in [3.63, 3.8) is 0 Å². The molecule has 3 heterocycles. The summed E-state index contributed by atoms with van der Waals surface area (Å²) in [4.78, 5) is 17.1. The van der Waals surface area contributed by atoms with Gasteiger partial charge in [0.25, 0.3) is 5.91 Å². The van der Waals surface area contributed by atoms with Gasteiger partial charge in [-0.25, -0.2) is 4.39 Å². The number of carbonyl (C=O) groups excluding carboxylic acids is 1. The van der Waals surface area contributed by atoms with Gasteiger partial charge in [0.15, 0.2) is 0 Å². The molecule has 5 atom stereocenters. The summed E-state index contributed by atoms with van der Waals surface area (Å²) in [5, 5.41) is 12.6. The van der Waals surface area contributed by atoms with Crippen molar-refractivity contribution < 1.29 is 23.8 Å². The van der Waals surface area contributed by atoms with Gasteiger partial charge in [-0.3, -0.25) is 9.78 Å². The molecule has 0 bridgehead atoms. The molecular formula is C29H31FN2O4. The topological polar surface area (TPSA) is 80.7 Å². The second kappa shape index (κ2) is 11.3. The third-order valence-electron chi connectivity index (χ3n) is 7.11. The Morgan fingerprint density at radius 1 is 1.03 bits per heavy atom. The minimum atomic E-state index is -0.449. The number of pyridine rings is 1. The summed E-state index contributed by atoms with van der Waals surface area (Å²) in [5.41, 5.74) is 3.65. The van der Waals surface area contributed by atoms with Crippen LogP contribution in [0.5, 0.6) is 0 Å². The van der Waals surface area contributed by atoms with Crippen LogP contribution < -0.4 is 5.32 Å². The van der Waals surface area contributed by atoms with Gasteiger partial charge in [-0.1, -0.05) is 36.4 Å². The van der Waals surface area contributed by atoms with Crippen molar-refractivity contribution in [2.75, 3.05) is 6.61 Å². The van der Waals surface area contributed by atoms with E-state index < -0.39 is 5.82 Å². The van der Waals surface area contributed by atoms with Crippen LogP contribution in [0.15, 0.2) is 73.1 Å². The normalized spacial score (nSPS) is 25.7. The molecule has 7 heteroatoms. The van der Waals surface area contributed by atoms with E-state index in [0.29, 0.717) is 6.42 Å². The van der Waals surface area contributed by atoms with Crippen LogP contribution in [-0.4, -0.2) is 53.1 Å². The molecule has 2 aromatic carbocycles. The summed E-state index contributed by atoms with van der Waals surface area (Å²) in [5.74, 6) is -0.780. The summed E-state index contributed by atoms with van der Waals surface area (Å²) < 4.78 is 26.2. The van der Waals surface area contributed by atoms with Gasteiger partial charge in [-0.15, -0.1) is 0 Å². The Balaban J connectivity index is 1.28. The number of aliphatic hydroxyl groups is 1. The molecule has 0 radical (unpaired) electrons. The smallest absolute Gasteiger partial charge is 0.251 e. The molecule has 2 aliphatic heterocycles. The maximum absolute atomic E-state index is 13.7. The first-order valence-electron chi connectivity index (χ1n) is 12.6. The van der Waals surface area contributed by atoms with E-state index in [4.69, 9.17) is 9.47 Å². The van der Waals surface area contributed by atoms with Crippen LogP contribution in [0.2, 0.25) is 0 Å². The second-order valence-corrected chi connectivity index (χ2v) is 9.57. The van der Waals surface area contributed by atoms with Gasteiger partial charge in [0.1, 0.15) is 5.82 Å². The minimum absolute atomic E-state index is 0.0258. The van der Waals surface area contributed by atoms with Crippen LogP contribution in [0, 0.1) is 5.82 Å². The maximum Gasteiger partial charge on any atom is 0.251 e. The zero-order valence-electron chi connectivity index (χ0n) is 20.1. The molecule has 1 aromatic heterocycles. The fraction of sp³-hybridized carbons (Fsp3) is 0.379. The molecule has 0 spiro atoms. The fourth-order valence-electron chi connectivity index (χ4n) is 5.17. The van der Waals surface area contributed by atoms with Gasteiger partial charge >= 0.3 is 0 Å². The Bertz CT molecular complexity index is 1160. The summed E-state index contributed by atoms with van der Waals surface area (Å²) in [6, 6.07) is 17.8. The molecule has 36 heavy (non-hydrogen) atoms. The first kappa shape index (κ1) is 24.6. The number of rotatable bonds is 7. The predicted molar refractivity (Wildman–Crippen MR) is 134 cm³/mol. The van der Waals surface area contributed by atoms with E-state index >= 15 is 0 Å². The van der Waals surface area contributed by atoms with Gasteiger partial charge in [0.2, 0.25) is 0 Å². The SMILES string of the molecule is O=C(N[C@@H]1C[C@@H]2O[C@H](CO)CC[C@@H]2O[C@@H]1CCc1ccc(-c2cccnc2)cc1)c1cccc(F)c1. The molecule has 3 aromatic rings. The highest BCUT2D eigenvalue weighted by molar-refractivity contribution is 5.94. The monoisotopic (exact) mass is 490 g/mol. The highest BCUT2D eigenvalue weighted by atomic mass is 19.1. The molecule has 188 valence electrons. The van der Waals surface area contributed by atoms with Crippen molar-refractivity contribution in [3.8, 4) is 11.1 Å². The average molecular weight is 491 g/mol. The number of halogens is 1. The Labute approximate surface area is 210 Å². The number of hydrogen-bond acceptors (Lipinski definition) is 5. The predicted octanol–water partition coefficient (Wildman–Crippen LogP) is 4.32. The van der Waals surface area contributed by atoms with Gasteiger partial charge < -0.3 is 19.9 Å². The molecule has 1 amide bonds. The first-order valence-corrected chi connectivity index (χ1v) is 12.6. The number of nitrogens with zero attached hydrogens (tertiary/aromatic N) is 1. The van der Waals surface area contributed by atoms with Crippen molar-refractivity contribution in [1.29, 1.82) is 0 Å². The molecule has 0 aliphatic carbocycles. The zero-order chi connectivity index (χ0) is 24.9. The Morgan fingerprint density at radius 2 is 1.89 bits per heavy atom. The molecule has 5 rings (SSSR count). The molecule has 0 unspecified atom stereocenters. The third-order valence-corrected chi connectivity index (χ3v) is 7.11. The molecule has 6 nitrogen and oxygen atoms in total. The fourth-order valence-corrected chi connectivity index (χ4v) is 5.17.